The van der Waals surface area contributed by atoms with Crippen LogP contribution in [-0.2, 0) is 13.0 Å². The fourth-order valence-corrected chi connectivity index (χ4v) is 5.25. The summed E-state index contributed by atoms with van der Waals surface area (Å²) in [5.41, 5.74) is 13.8. The molecule has 0 spiro atoms. The smallest absolute Gasteiger partial charge is 0.0995 e. The highest BCUT2D eigenvalue weighted by Gasteiger charge is 2.28. The summed E-state index contributed by atoms with van der Waals surface area (Å²) in [4.78, 5) is 7.47. The molecule has 0 bridgehead atoms. The number of hydrogen-bond donors (Lipinski definition) is 0. The van der Waals surface area contributed by atoms with Crippen molar-refractivity contribution < 1.29 is 0 Å². The van der Waals surface area contributed by atoms with Crippen molar-refractivity contribution in [2.24, 2.45) is 10.9 Å². The summed E-state index contributed by atoms with van der Waals surface area (Å²) < 4.78 is 0. The largest absolute Gasteiger partial charge is 0.298 e. The average Bonchev–Trinajstić information content (AvgIpc) is 3.21. The van der Waals surface area contributed by atoms with Gasteiger partial charge in [-0.2, -0.15) is 5.26 Å². The van der Waals surface area contributed by atoms with Crippen molar-refractivity contribution in [2.75, 3.05) is 13.1 Å². The summed E-state index contributed by atoms with van der Waals surface area (Å²) in [6, 6.07) is 19.7. The van der Waals surface area contributed by atoms with Crippen LogP contribution in [0.5, 0.6) is 0 Å². The normalized spacial score (nSPS) is 15.4. The number of aliphatic imine (C=N–C) groups is 1. The third kappa shape index (κ3) is 3.89. The minimum Gasteiger partial charge on any atom is -0.298 e. The molecular weight excluding hydrogens is 414 g/mol. The molecule has 0 atom stereocenters. The van der Waals surface area contributed by atoms with Gasteiger partial charge in [-0.05, 0) is 78.8 Å². The highest BCUT2D eigenvalue weighted by molar-refractivity contribution is 6.09. The number of rotatable bonds is 5. The van der Waals surface area contributed by atoms with E-state index in [9.17, 15) is 5.26 Å². The zero-order valence-electron chi connectivity index (χ0n) is 20.6. The van der Waals surface area contributed by atoms with E-state index in [1.54, 1.807) is 0 Å². The second kappa shape index (κ2) is 8.70. The Balaban J connectivity index is 1.46. The zero-order chi connectivity index (χ0) is 24.0. The fraction of sp³-hybridized carbons (Fsp3) is 0.290. The Morgan fingerprint density at radius 3 is 2.41 bits per heavy atom. The van der Waals surface area contributed by atoms with Gasteiger partial charge in [0.1, 0.15) is 0 Å². The van der Waals surface area contributed by atoms with Crippen molar-refractivity contribution in [3.63, 3.8) is 0 Å². The lowest BCUT2D eigenvalue weighted by atomic mass is 9.89. The molecule has 34 heavy (non-hydrogen) atoms. The van der Waals surface area contributed by atoms with E-state index >= 15 is 0 Å². The SMILES string of the molecule is C=C(C)C1CN(Cc2cc(C#N)c3c(c2)N=C(c2cccc(-c4cccc(C)c4C)c2C)C3)C1. The van der Waals surface area contributed by atoms with Gasteiger partial charge in [0.05, 0.1) is 23.0 Å². The summed E-state index contributed by atoms with van der Waals surface area (Å²) >= 11 is 0. The van der Waals surface area contributed by atoms with Crippen LogP contribution < -0.4 is 0 Å². The summed E-state index contributed by atoms with van der Waals surface area (Å²) in [6.45, 7) is 15.7. The van der Waals surface area contributed by atoms with Gasteiger partial charge in [-0.15, -0.1) is 0 Å². The minimum atomic E-state index is 0.599. The monoisotopic (exact) mass is 445 g/mol. The molecule has 0 radical (unpaired) electrons. The summed E-state index contributed by atoms with van der Waals surface area (Å²) in [5.74, 6) is 0.599. The van der Waals surface area contributed by atoms with E-state index in [4.69, 9.17) is 4.99 Å². The summed E-state index contributed by atoms with van der Waals surface area (Å²) in [6.07, 6.45) is 0.705. The van der Waals surface area contributed by atoms with E-state index < -0.39 is 0 Å². The lowest BCUT2D eigenvalue weighted by molar-refractivity contribution is 0.115. The molecule has 2 heterocycles. The van der Waals surface area contributed by atoms with Crippen molar-refractivity contribution in [3.05, 3.63) is 99.6 Å². The molecule has 1 fully saturated rings. The van der Waals surface area contributed by atoms with Crippen molar-refractivity contribution in [1.82, 2.24) is 4.90 Å². The molecule has 5 rings (SSSR count). The first kappa shape index (κ1) is 22.3. The van der Waals surface area contributed by atoms with E-state index in [1.807, 2.05) is 0 Å². The van der Waals surface area contributed by atoms with Crippen molar-refractivity contribution >= 4 is 11.4 Å². The average molecular weight is 446 g/mol. The van der Waals surface area contributed by atoms with Crippen LogP contribution >= 0.6 is 0 Å². The Labute approximate surface area is 203 Å². The maximum Gasteiger partial charge on any atom is 0.0995 e. The van der Waals surface area contributed by atoms with E-state index in [1.165, 1.54) is 44.5 Å². The van der Waals surface area contributed by atoms with Gasteiger partial charge < -0.3 is 0 Å². The minimum absolute atomic E-state index is 0.599. The number of hydrogen-bond acceptors (Lipinski definition) is 3. The Morgan fingerprint density at radius 1 is 1.03 bits per heavy atom. The van der Waals surface area contributed by atoms with Gasteiger partial charge in [-0.1, -0.05) is 48.6 Å². The lowest BCUT2D eigenvalue weighted by Crippen LogP contribution is -2.46. The first-order valence-electron chi connectivity index (χ1n) is 12.0. The van der Waals surface area contributed by atoms with Gasteiger partial charge in [0.15, 0.2) is 0 Å². The summed E-state index contributed by atoms with van der Waals surface area (Å²) in [5, 5.41) is 9.88. The topological polar surface area (TPSA) is 39.4 Å². The van der Waals surface area contributed by atoms with Gasteiger partial charge in [0, 0.05) is 37.5 Å². The van der Waals surface area contributed by atoms with Gasteiger partial charge in [0.25, 0.3) is 0 Å². The van der Waals surface area contributed by atoms with E-state index in [-0.39, 0.29) is 0 Å². The molecule has 2 aliphatic rings. The van der Waals surface area contributed by atoms with Crippen LogP contribution in [0.3, 0.4) is 0 Å². The van der Waals surface area contributed by atoms with Crippen molar-refractivity contribution in [1.29, 1.82) is 5.26 Å². The van der Waals surface area contributed by atoms with Crippen LogP contribution in [0.1, 0.15) is 45.9 Å². The molecule has 0 unspecified atom stereocenters. The van der Waals surface area contributed by atoms with Crippen LogP contribution in [0.25, 0.3) is 11.1 Å². The predicted molar refractivity (Wildman–Crippen MR) is 141 cm³/mol. The number of nitrogens with zero attached hydrogens (tertiary/aromatic N) is 3. The van der Waals surface area contributed by atoms with Crippen molar-refractivity contribution in [2.45, 2.75) is 40.7 Å². The van der Waals surface area contributed by atoms with Crippen LogP contribution in [-0.4, -0.2) is 23.7 Å². The van der Waals surface area contributed by atoms with Gasteiger partial charge in [-0.25, -0.2) is 0 Å². The molecule has 0 amide bonds. The number of benzene rings is 3. The standard InChI is InChI=1S/C31H31N3/c1-19(2)25-17-34(18-25)16-23-12-24(15-32)29-14-31(33-30(29)13-23)28-11-7-10-27(22(28)5)26-9-6-8-20(3)21(26)4/h6-13,25H,1,14,16-18H2,2-5H3. The highest BCUT2D eigenvalue weighted by atomic mass is 15.2. The predicted octanol–water partition coefficient (Wildman–Crippen LogP) is 6.84. The lowest BCUT2D eigenvalue weighted by Gasteiger charge is -2.39. The third-order valence-corrected chi connectivity index (χ3v) is 7.61. The molecule has 1 saturated heterocycles. The van der Waals surface area contributed by atoms with Gasteiger partial charge >= 0.3 is 0 Å². The van der Waals surface area contributed by atoms with E-state index in [0.29, 0.717) is 12.3 Å². The molecule has 170 valence electrons. The van der Waals surface area contributed by atoms with Crippen LogP contribution in [0.2, 0.25) is 0 Å². The van der Waals surface area contributed by atoms with Crippen molar-refractivity contribution in [3.8, 4) is 17.2 Å². The Bertz CT molecular complexity index is 1380. The first-order valence-corrected chi connectivity index (χ1v) is 12.0. The fourth-order valence-electron chi connectivity index (χ4n) is 5.25. The molecule has 0 aromatic heterocycles. The number of aryl methyl sites for hydroxylation is 1. The molecule has 2 aliphatic heterocycles. The van der Waals surface area contributed by atoms with Crippen LogP contribution in [0.4, 0.5) is 5.69 Å². The van der Waals surface area contributed by atoms with Gasteiger partial charge in [0.2, 0.25) is 0 Å². The molecule has 3 aromatic rings. The first-order chi connectivity index (χ1) is 16.4. The van der Waals surface area contributed by atoms with E-state index in [2.05, 4.69) is 93.8 Å². The second-order valence-corrected chi connectivity index (χ2v) is 9.95. The maximum absolute atomic E-state index is 9.88. The summed E-state index contributed by atoms with van der Waals surface area (Å²) in [7, 11) is 0. The van der Waals surface area contributed by atoms with Gasteiger partial charge in [-0.3, -0.25) is 9.89 Å². The zero-order valence-corrected chi connectivity index (χ0v) is 20.6. The Kier molecular flexibility index (Phi) is 5.71. The van der Waals surface area contributed by atoms with Crippen LogP contribution in [0, 0.1) is 38.0 Å². The highest BCUT2D eigenvalue weighted by Crippen LogP contribution is 2.37. The third-order valence-electron chi connectivity index (χ3n) is 7.61. The number of fused-ring (bicyclic) bond motifs is 1. The quantitative estimate of drug-likeness (QED) is 0.404. The molecule has 0 aliphatic carbocycles. The number of nitriles is 1. The molecular formula is C31H31N3. The molecule has 3 nitrogen and oxygen atoms in total. The number of likely N-dealkylation sites (tertiary alicyclic amines) is 1. The Morgan fingerprint density at radius 2 is 1.71 bits per heavy atom. The molecule has 3 aromatic carbocycles. The maximum atomic E-state index is 9.88. The molecule has 0 saturated carbocycles. The Hall–Kier alpha value is -3.48. The molecule has 0 N–H and O–H groups in total. The van der Waals surface area contributed by atoms with E-state index in [0.717, 1.165) is 42.2 Å². The molecule has 3 heteroatoms. The second-order valence-electron chi connectivity index (χ2n) is 9.95. The van der Waals surface area contributed by atoms with Crippen LogP contribution in [0.15, 0.2) is 65.7 Å².